The Kier molecular flexibility index (Phi) is 6.78. The molecule has 10 nitrogen and oxygen atoms in total. The van der Waals surface area contributed by atoms with Crippen LogP contribution in [0.15, 0.2) is 67.3 Å². The number of carbonyl (C=O) groups excluding carboxylic acids is 1. The van der Waals surface area contributed by atoms with Gasteiger partial charge in [-0.15, -0.1) is 0 Å². The van der Waals surface area contributed by atoms with Gasteiger partial charge in [-0.3, -0.25) is 24.8 Å². The van der Waals surface area contributed by atoms with Crippen LogP contribution in [0.5, 0.6) is 5.75 Å². The molecule has 43 heavy (non-hydrogen) atoms. The topological polar surface area (TPSA) is 125 Å². The smallest absolute Gasteiger partial charge is 0.227 e. The Bertz CT molecular complexity index is 1980. The number of amides is 1. The SMILES string of the molecule is CN(C)CCOc1cc(F)cc(-c2nccc3[nH]c(-c4n[nH]c5cnc(-c6cncc(NC(=O)C7CC7)c6)cc45)cc23)c1. The van der Waals surface area contributed by atoms with Crippen LogP contribution in [-0.2, 0) is 4.79 Å². The fourth-order valence-corrected chi connectivity index (χ4v) is 5.06. The van der Waals surface area contributed by atoms with E-state index >= 15 is 0 Å². The summed E-state index contributed by atoms with van der Waals surface area (Å²) in [5.74, 6) is 0.188. The first kappa shape index (κ1) is 26.7. The quantitative estimate of drug-likeness (QED) is 0.203. The number of aromatic amines is 2. The molecule has 0 bridgehead atoms. The predicted molar refractivity (Wildman–Crippen MR) is 163 cm³/mol. The van der Waals surface area contributed by atoms with E-state index < -0.39 is 5.82 Å². The molecule has 216 valence electrons. The monoisotopic (exact) mass is 576 g/mol. The second-order valence-electron chi connectivity index (χ2n) is 11.0. The first-order valence-corrected chi connectivity index (χ1v) is 14.1. The molecule has 1 aromatic carbocycles. The standard InChI is InChI=1S/C32H29FN8O2/c1-41(2)7-8-43-23-11-19(9-21(33)12-23)30-24-14-28(38-26(24)5-6-35-30)31-25-13-27(36-17-29(25)39-40-31)20-10-22(16-34-15-20)37-32(42)18-3-4-18/h5-6,9-18,38H,3-4,7-8H2,1-2H3,(H,37,42)(H,39,40). The molecule has 0 atom stereocenters. The number of carbonyl (C=O) groups is 1. The maximum atomic E-state index is 14.6. The summed E-state index contributed by atoms with van der Waals surface area (Å²) in [4.78, 5) is 31.2. The van der Waals surface area contributed by atoms with Gasteiger partial charge in [0, 0.05) is 58.3 Å². The van der Waals surface area contributed by atoms with Crippen molar-refractivity contribution in [3.8, 4) is 39.7 Å². The van der Waals surface area contributed by atoms with Crippen molar-refractivity contribution in [2.45, 2.75) is 12.8 Å². The molecular formula is C32H29FN8O2. The molecule has 5 heterocycles. The first-order valence-electron chi connectivity index (χ1n) is 14.1. The van der Waals surface area contributed by atoms with Crippen molar-refractivity contribution in [3.63, 3.8) is 0 Å². The molecule has 0 saturated heterocycles. The van der Waals surface area contributed by atoms with Gasteiger partial charge in [-0.05, 0) is 63.3 Å². The van der Waals surface area contributed by atoms with E-state index in [4.69, 9.17) is 4.74 Å². The van der Waals surface area contributed by atoms with Crippen LogP contribution < -0.4 is 10.1 Å². The minimum Gasteiger partial charge on any atom is -0.492 e. The van der Waals surface area contributed by atoms with E-state index in [0.717, 1.165) is 45.9 Å². The molecule has 7 rings (SSSR count). The highest BCUT2D eigenvalue weighted by Gasteiger charge is 2.29. The van der Waals surface area contributed by atoms with E-state index in [-0.39, 0.29) is 11.8 Å². The van der Waals surface area contributed by atoms with Crippen molar-refractivity contribution < 1.29 is 13.9 Å². The highest BCUT2D eigenvalue weighted by atomic mass is 19.1. The molecule has 6 aromatic rings. The molecule has 0 radical (unpaired) electrons. The molecule has 1 saturated carbocycles. The van der Waals surface area contributed by atoms with Crippen LogP contribution in [0.4, 0.5) is 10.1 Å². The lowest BCUT2D eigenvalue weighted by molar-refractivity contribution is -0.117. The summed E-state index contributed by atoms with van der Waals surface area (Å²) in [6, 6.07) is 12.3. The summed E-state index contributed by atoms with van der Waals surface area (Å²) in [7, 11) is 3.92. The highest BCUT2D eigenvalue weighted by molar-refractivity contribution is 6.00. The Balaban J connectivity index is 1.23. The minimum atomic E-state index is -0.393. The number of nitrogens with zero attached hydrogens (tertiary/aromatic N) is 5. The van der Waals surface area contributed by atoms with Gasteiger partial charge in [-0.25, -0.2) is 4.39 Å². The van der Waals surface area contributed by atoms with Gasteiger partial charge in [0.1, 0.15) is 23.9 Å². The summed E-state index contributed by atoms with van der Waals surface area (Å²) in [5, 5.41) is 12.3. The third-order valence-corrected chi connectivity index (χ3v) is 7.45. The Morgan fingerprint density at radius 1 is 1.00 bits per heavy atom. The molecule has 1 aliphatic carbocycles. The maximum Gasteiger partial charge on any atom is 0.227 e. The predicted octanol–water partition coefficient (Wildman–Crippen LogP) is 5.66. The van der Waals surface area contributed by atoms with E-state index in [0.29, 0.717) is 47.2 Å². The number of rotatable bonds is 9. The second-order valence-corrected chi connectivity index (χ2v) is 11.0. The molecule has 1 amide bonds. The summed E-state index contributed by atoms with van der Waals surface area (Å²) in [6.07, 6.45) is 8.65. The van der Waals surface area contributed by atoms with Crippen LogP contribution in [0.3, 0.4) is 0 Å². The number of aromatic nitrogens is 6. The number of anilines is 1. The van der Waals surface area contributed by atoms with Crippen LogP contribution in [-0.4, -0.2) is 68.2 Å². The zero-order valence-electron chi connectivity index (χ0n) is 23.7. The summed E-state index contributed by atoms with van der Waals surface area (Å²) in [5.41, 5.74) is 6.47. The zero-order chi connectivity index (χ0) is 29.5. The Hall–Kier alpha value is -5.16. The molecule has 0 spiro atoms. The average molecular weight is 577 g/mol. The number of hydrogen-bond donors (Lipinski definition) is 3. The van der Waals surface area contributed by atoms with Crippen molar-refractivity contribution in [2.75, 3.05) is 32.6 Å². The lowest BCUT2D eigenvalue weighted by atomic mass is 10.1. The van der Waals surface area contributed by atoms with Crippen LogP contribution in [0, 0.1) is 11.7 Å². The second kappa shape index (κ2) is 10.9. The summed E-state index contributed by atoms with van der Waals surface area (Å²) >= 11 is 0. The Morgan fingerprint density at radius 3 is 2.70 bits per heavy atom. The van der Waals surface area contributed by atoms with Crippen LogP contribution in [0.1, 0.15) is 12.8 Å². The molecule has 11 heteroatoms. The number of nitrogens with one attached hydrogen (secondary N) is 3. The molecule has 5 aromatic heterocycles. The largest absolute Gasteiger partial charge is 0.492 e. The van der Waals surface area contributed by atoms with Gasteiger partial charge in [-0.1, -0.05) is 0 Å². The minimum absolute atomic E-state index is 0.0264. The van der Waals surface area contributed by atoms with Crippen molar-refractivity contribution in [2.24, 2.45) is 5.92 Å². The number of hydrogen-bond acceptors (Lipinski definition) is 7. The molecule has 1 fully saturated rings. The highest BCUT2D eigenvalue weighted by Crippen LogP contribution is 2.35. The molecular weight excluding hydrogens is 547 g/mol. The van der Waals surface area contributed by atoms with Gasteiger partial charge in [0.15, 0.2) is 0 Å². The van der Waals surface area contributed by atoms with E-state index in [1.807, 2.05) is 49.3 Å². The van der Waals surface area contributed by atoms with Gasteiger partial charge < -0.3 is 19.9 Å². The fraction of sp³-hybridized carbons (Fsp3) is 0.219. The molecule has 0 unspecified atom stereocenters. The van der Waals surface area contributed by atoms with Crippen LogP contribution in [0.2, 0.25) is 0 Å². The van der Waals surface area contributed by atoms with Crippen molar-refractivity contribution in [3.05, 3.63) is 73.1 Å². The third-order valence-electron chi connectivity index (χ3n) is 7.45. The zero-order valence-corrected chi connectivity index (χ0v) is 23.7. The maximum absolute atomic E-state index is 14.6. The normalized spacial score (nSPS) is 13.2. The molecule has 1 aliphatic rings. The van der Waals surface area contributed by atoms with Crippen molar-refractivity contribution in [1.29, 1.82) is 0 Å². The Morgan fingerprint density at radius 2 is 1.86 bits per heavy atom. The number of benzene rings is 1. The third kappa shape index (κ3) is 5.54. The lowest BCUT2D eigenvalue weighted by Gasteiger charge is -2.12. The number of pyridine rings is 3. The number of likely N-dealkylation sites (N-methyl/N-ethyl adjacent to an activating group) is 1. The van der Waals surface area contributed by atoms with Crippen molar-refractivity contribution in [1.82, 2.24) is 35.0 Å². The van der Waals surface area contributed by atoms with Crippen molar-refractivity contribution >= 4 is 33.4 Å². The van der Waals surface area contributed by atoms with E-state index in [1.165, 1.54) is 12.1 Å². The summed E-state index contributed by atoms with van der Waals surface area (Å²) in [6.45, 7) is 1.16. The number of H-pyrrole nitrogens is 2. The van der Waals surface area contributed by atoms with Gasteiger partial charge in [0.2, 0.25) is 5.91 Å². The Labute approximate surface area is 246 Å². The average Bonchev–Trinajstić information content (AvgIpc) is 3.62. The van der Waals surface area contributed by atoms with Crippen LogP contribution in [0.25, 0.3) is 55.7 Å². The van der Waals surface area contributed by atoms with Crippen LogP contribution >= 0.6 is 0 Å². The van der Waals surface area contributed by atoms with Gasteiger partial charge in [0.25, 0.3) is 0 Å². The van der Waals surface area contributed by atoms with Gasteiger partial charge in [0.05, 0.1) is 40.7 Å². The number of ether oxygens (including phenoxy) is 1. The first-order chi connectivity index (χ1) is 20.9. The molecule has 0 aliphatic heterocycles. The number of halogens is 1. The summed E-state index contributed by atoms with van der Waals surface area (Å²) < 4.78 is 20.4. The van der Waals surface area contributed by atoms with Gasteiger partial charge in [-0.2, -0.15) is 5.10 Å². The number of fused-ring (bicyclic) bond motifs is 2. The van der Waals surface area contributed by atoms with Gasteiger partial charge >= 0.3 is 0 Å². The lowest BCUT2D eigenvalue weighted by Crippen LogP contribution is -2.19. The van der Waals surface area contributed by atoms with E-state index in [1.54, 1.807) is 24.8 Å². The van der Waals surface area contributed by atoms with E-state index in [9.17, 15) is 9.18 Å². The fourth-order valence-electron chi connectivity index (χ4n) is 5.06. The van der Waals surface area contributed by atoms with E-state index in [2.05, 4.69) is 35.5 Å². The molecule has 3 N–H and O–H groups in total.